The van der Waals surface area contributed by atoms with Gasteiger partial charge in [0, 0.05) is 11.1 Å². The average Bonchev–Trinajstić information content (AvgIpc) is 3.01. The zero-order valence-corrected chi connectivity index (χ0v) is 9.89. The maximum atomic E-state index is 12.9. The highest BCUT2D eigenvalue weighted by Crippen LogP contribution is 2.32. The average molecular weight is 244 g/mol. The van der Waals surface area contributed by atoms with E-state index in [0.29, 0.717) is 11.1 Å². The molecule has 2 N–H and O–H groups in total. The van der Waals surface area contributed by atoms with Gasteiger partial charge in [0.25, 0.3) is 0 Å². The number of benzene rings is 1. The number of rotatable bonds is 4. The number of nitrogens with one attached hydrogen (secondary N) is 1. The molecule has 1 fully saturated rings. The summed E-state index contributed by atoms with van der Waals surface area (Å²) >= 11 is 6.01. The topological polar surface area (TPSA) is 32.3 Å². The van der Waals surface area contributed by atoms with E-state index in [1.54, 1.807) is 6.07 Å². The second kappa shape index (κ2) is 4.32. The van der Waals surface area contributed by atoms with Crippen LogP contribution in [0.15, 0.2) is 18.2 Å². The first kappa shape index (κ1) is 11.8. The lowest BCUT2D eigenvalue weighted by Crippen LogP contribution is -2.44. The van der Waals surface area contributed by atoms with E-state index in [4.69, 9.17) is 11.6 Å². The van der Waals surface area contributed by atoms with Crippen LogP contribution >= 0.6 is 11.6 Å². The van der Waals surface area contributed by atoms with Gasteiger partial charge in [0.05, 0.1) is 12.1 Å². The summed E-state index contributed by atoms with van der Waals surface area (Å²) < 4.78 is 12.9. The predicted octanol–water partition coefficient (Wildman–Crippen LogP) is 2.44. The van der Waals surface area contributed by atoms with Gasteiger partial charge in [0.15, 0.2) is 0 Å². The van der Waals surface area contributed by atoms with E-state index in [-0.39, 0.29) is 12.4 Å². The molecule has 0 heterocycles. The molecule has 1 unspecified atom stereocenters. The predicted molar refractivity (Wildman–Crippen MR) is 62.0 cm³/mol. The number of hydrogen-bond acceptors (Lipinski definition) is 2. The lowest BCUT2D eigenvalue weighted by molar-refractivity contribution is 0.173. The Morgan fingerprint density at radius 2 is 2.25 bits per heavy atom. The summed E-state index contributed by atoms with van der Waals surface area (Å²) in [5, 5.41) is 13.2. The number of aliphatic hydroxyl groups is 1. The molecule has 0 aromatic heterocycles. The van der Waals surface area contributed by atoms with Crippen LogP contribution in [0.3, 0.4) is 0 Å². The van der Waals surface area contributed by atoms with Crippen LogP contribution in [-0.4, -0.2) is 17.8 Å². The molecule has 1 aliphatic rings. The minimum atomic E-state index is -0.591. The van der Waals surface area contributed by atoms with Crippen molar-refractivity contribution in [1.82, 2.24) is 5.32 Å². The van der Waals surface area contributed by atoms with Crippen molar-refractivity contribution in [3.63, 3.8) is 0 Å². The SMILES string of the molecule is CC(CO)(NC1CC1)c1ccc(F)cc1Cl. The number of aliphatic hydroxyl groups excluding tert-OH is 1. The smallest absolute Gasteiger partial charge is 0.124 e. The van der Waals surface area contributed by atoms with Crippen molar-refractivity contribution in [2.24, 2.45) is 0 Å². The number of halogens is 2. The number of hydrogen-bond donors (Lipinski definition) is 2. The highest BCUT2D eigenvalue weighted by Gasteiger charge is 2.34. The third kappa shape index (κ3) is 2.37. The van der Waals surface area contributed by atoms with Crippen LogP contribution in [0.4, 0.5) is 4.39 Å². The van der Waals surface area contributed by atoms with E-state index in [1.165, 1.54) is 12.1 Å². The quantitative estimate of drug-likeness (QED) is 0.852. The summed E-state index contributed by atoms with van der Waals surface area (Å²) in [7, 11) is 0. The molecule has 1 aromatic carbocycles. The van der Waals surface area contributed by atoms with Gasteiger partial charge in [-0.25, -0.2) is 4.39 Å². The van der Waals surface area contributed by atoms with E-state index in [9.17, 15) is 9.50 Å². The summed E-state index contributed by atoms with van der Waals surface area (Å²) in [6.45, 7) is 1.82. The van der Waals surface area contributed by atoms with Gasteiger partial charge in [-0.1, -0.05) is 17.7 Å². The molecule has 0 radical (unpaired) electrons. The Balaban J connectivity index is 2.30. The summed E-state index contributed by atoms with van der Waals surface area (Å²) in [4.78, 5) is 0. The van der Waals surface area contributed by atoms with Crippen molar-refractivity contribution < 1.29 is 9.50 Å². The maximum Gasteiger partial charge on any atom is 0.124 e. The van der Waals surface area contributed by atoms with Gasteiger partial charge in [0.1, 0.15) is 5.82 Å². The fourth-order valence-electron chi connectivity index (χ4n) is 1.82. The highest BCUT2D eigenvalue weighted by atomic mass is 35.5. The molecule has 2 rings (SSSR count). The molecule has 1 atom stereocenters. The summed E-state index contributed by atoms with van der Waals surface area (Å²) in [5.41, 5.74) is 0.149. The zero-order valence-electron chi connectivity index (χ0n) is 9.13. The minimum Gasteiger partial charge on any atom is -0.394 e. The maximum absolute atomic E-state index is 12.9. The molecule has 0 aliphatic heterocycles. The van der Waals surface area contributed by atoms with Crippen LogP contribution < -0.4 is 5.32 Å². The van der Waals surface area contributed by atoms with Gasteiger partial charge in [-0.3, -0.25) is 0 Å². The molecule has 0 spiro atoms. The molecular formula is C12H15ClFNO. The van der Waals surface area contributed by atoms with Crippen molar-refractivity contribution in [3.8, 4) is 0 Å². The Kier molecular flexibility index (Phi) is 3.19. The monoisotopic (exact) mass is 243 g/mol. The Morgan fingerprint density at radius 1 is 1.56 bits per heavy atom. The molecule has 1 aromatic rings. The third-order valence-electron chi connectivity index (χ3n) is 2.94. The molecule has 2 nitrogen and oxygen atoms in total. The van der Waals surface area contributed by atoms with Gasteiger partial charge >= 0.3 is 0 Å². The van der Waals surface area contributed by atoms with E-state index in [2.05, 4.69) is 5.32 Å². The van der Waals surface area contributed by atoms with E-state index >= 15 is 0 Å². The van der Waals surface area contributed by atoms with Gasteiger partial charge in [-0.05, 0) is 37.5 Å². The summed E-state index contributed by atoms with van der Waals surface area (Å²) in [5.74, 6) is -0.361. The normalized spacial score (nSPS) is 19.5. The molecular weight excluding hydrogens is 229 g/mol. The van der Waals surface area contributed by atoms with Crippen LogP contribution in [0, 0.1) is 5.82 Å². The first-order valence-electron chi connectivity index (χ1n) is 5.39. The molecule has 0 saturated heterocycles. The molecule has 0 bridgehead atoms. The largest absolute Gasteiger partial charge is 0.394 e. The Morgan fingerprint density at radius 3 is 2.75 bits per heavy atom. The first-order chi connectivity index (χ1) is 7.55. The molecule has 1 aliphatic carbocycles. The Labute approximate surface area is 99.4 Å². The van der Waals surface area contributed by atoms with Crippen molar-refractivity contribution in [2.45, 2.75) is 31.3 Å². The van der Waals surface area contributed by atoms with Gasteiger partial charge in [-0.15, -0.1) is 0 Å². The zero-order chi connectivity index (χ0) is 11.8. The fraction of sp³-hybridized carbons (Fsp3) is 0.500. The first-order valence-corrected chi connectivity index (χ1v) is 5.77. The van der Waals surface area contributed by atoms with Crippen molar-refractivity contribution in [1.29, 1.82) is 0 Å². The standard InChI is InChI=1S/C12H15ClFNO/c1-12(7-16,15-9-3-4-9)10-5-2-8(14)6-11(10)13/h2,5-6,9,15-16H,3-4,7H2,1H3. The Hall–Kier alpha value is -0.640. The molecule has 88 valence electrons. The molecule has 16 heavy (non-hydrogen) atoms. The second-order valence-electron chi connectivity index (χ2n) is 4.53. The van der Waals surface area contributed by atoms with E-state index in [0.717, 1.165) is 18.4 Å². The lowest BCUT2D eigenvalue weighted by atomic mass is 9.92. The van der Waals surface area contributed by atoms with E-state index < -0.39 is 5.54 Å². The highest BCUT2D eigenvalue weighted by molar-refractivity contribution is 6.31. The van der Waals surface area contributed by atoms with Crippen LogP contribution in [0.1, 0.15) is 25.3 Å². The van der Waals surface area contributed by atoms with Crippen molar-refractivity contribution in [2.75, 3.05) is 6.61 Å². The van der Waals surface area contributed by atoms with Crippen LogP contribution in [-0.2, 0) is 5.54 Å². The second-order valence-corrected chi connectivity index (χ2v) is 4.94. The summed E-state index contributed by atoms with van der Waals surface area (Å²) in [6, 6.07) is 4.71. The van der Waals surface area contributed by atoms with Gasteiger partial charge in [0.2, 0.25) is 0 Å². The van der Waals surface area contributed by atoms with Crippen LogP contribution in [0.2, 0.25) is 5.02 Å². The Bertz CT molecular complexity index is 395. The van der Waals surface area contributed by atoms with Gasteiger partial charge in [-0.2, -0.15) is 0 Å². The fourth-order valence-corrected chi connectivity index (χ4v) is 2.20. The third-order valence-corrected chi connectivity index (χ3v) is 3.25. The molecule has 0 amide bonds. The minimum absolute atomic E-state index is 0.0607. The summed E-state index contributed by atoms with van der Waals surface area (Å²) in [6.07, 6.45) is 2.24. The van der Waals surface area contributed by atoms with Crippen LogP contribution in [0.5, 0.6) is 0 Å². The van der Waals surface area contributed by atoms with E-state index in [1.807, 2.05) is 6.92 Å². The molecule has 4 heteroatoms. The molecule has 1 saturated carbocycles. The van der Waals surface area contributed by atoms with Gasteiger partial charge < -0.3 is 10.4 Å². The van der Waals surface area contributed by atoms with Crippen molar-refractivity contribution in [3.05, 3.63) is 34.6 Å². The van der Waals surface area contributed by atoms with Crippen LogP contribution in [0.25, 0.3) is 0 Å². The lowest BCUT2D eigenvalue weighted by Gasteiger charge is -2.30. The van der Waals surface area contributed by atoms with Crippen molar-refractivity contribution >= 4 is 11.6 Å².